The molecule has 0 radical (unpaired) electrons. The largest absolute Gasteiger partial charge is 0.495 e. The molecule has 0 saturated carbocycles. The lowest BCUT2D eigenvalue weighted by atomic mass is 10.2. The Hall–Kier alpha value is -3.07. The van der Waals surface area contributed by atoms with Gasteiger partial charge in [-0.25, -0.2) is 13.8 Å². The fourth-order valence-electron chi connectivity index (χ4n) is 2.91. The van der Waals surface area contributed by atoms with Gasteiger partial charge in [-0.05, 0) is 48.9 Å². The number of ether oxygens (including phenoxy) is 1. The third-order valence-corrected chi connectivity index (χ3v) is 7.11. The zero-order valence-corrected chi connectivity index (χ0v) is 20.2. The van der Waals surface area contributed by atoms with Crippen molar-refractivity contribution >= 4 is 51.0 Å². The zero-order chi connectivity index (χ0) is 24.0. The topological polar surface area (TPSA) is 88.1 Å². The number of hydrogen-bond acceptors (Lipinski definition) is 5. The molecule has 7 nitrogen and oxygen atoms in total. The molecule has 0 bridgehead atoms. The highest BCUT2D eigenvalue weighted by atomic mass is 35.5. The smallest absolute Gasteiger partial charge is 0.264 e. The van der Waals surface area contributed by atoms with Crippen LogP contribution in [-0.2, 0) is 14.8 Å². The third-order valence-electron chi connectivity index (χ3n) is 4.60. The first kappa shape index (κ1) is 24.6. The molecule has 3 aromatic rings. The molecule has 0 heterocycles. The number of sulfonamides is 1. The van der Waals surface area contributed by atoms with Gasteiger partial charge >= 0.3 is 0 Å². The summed E-state index contributed by atoms with van der Waals surface area (Å²) in [7, 11) is -2.65. The molecule has 0 unspecified atom stereocenters. The molecule has 0 aliphatic heterocycles. The summed E-state index contributed by atoms with van der Waals surface area (Å²) in [4.78, 5) is 12.7. The Kier molecular flexibility index (Phi) is 7.97. The van der Waals surface area contributed by atoms with Gasteiger partial charge in [-0.2, -0.15) is 5.10 Å². The molecule has 0 spiro atoms. The van der Waals surface area contributed by atoms with Gasteiger partial charge < -0.3 is 4.74 Å². The van der Waals surface area contributed by atoms with Crippen molar-refractivity contribution in [1.29, 1.82) is 0 Å². The van der Waals surface area contributed by atoms with Crippen LogP contribution in [0.5, 0.6) is 5.75 Å². The highest BCUT2D eigenvalue weighted by molar-refractivity contribution is 7.92. The maximum Gasteiger partial charge on any atom is 0.264 e. The molecule has 0 aliphatic carbocycles. The number of hydrogen-bond donors (Lipinski definition) is 1. The monoisotopic (exact) mass is 505 g/mol. The van der Waals surface area contributed by atoms with Crippen LogP contribution in [0.25, 0.3) is 0 Å². The van der Waals surface area contributed by atoms with Gasteiger partial charge in [0.2, 0.25) is 0 Å². The Morgan fingerprint density at radius 1 is 1.06 bits per heavy atom. The summed E-state index contributed by atoms with van der Waals surface area (Å²) in [6, 6.07) is 17.8. The zero-order valence-electron chi connectivity index (χ0n) is 17.8. The van der Waals surface area contributed by atoms with Crippen LogP contribution in [0.4, 0.5) is 5.69 Å². The number of benzene rings is 3. The number of amides is 1. The molecule has 10 heteroatoms. The van der Waals surface area contributed by atoms with Gasteiger partial charge in [-0.1, -0.05) is 59.1 Å². The van der Waals surface area contributed by atoms with Crippen LogP contribution in [0.3, 0.4) is 0 Å². The minimum atomic E-state index is -4.08. The summed E-state index contributed by atoms with van der Waals surface area (Å²) in [5, 5.41) is 4.63. The van der Waals surface area contributed by atoms with Gasteiger partial charge in [0.15, 0.2) is 0 Å². The summed E-state index contributed by atoms with van der Waals surface area (Å²) in [5.74, 6) is -0.340. The van der Waals surface area contributed by atoms with Crippen molar-refractivity contribution < 1.29 is 17.9 Å². The van der Waals surface area contributed by atoms with E-state index >= 15 is 0 Å². The van der Waals surface area contributed by atoms with Crippen LogP contribution in [0.2, 0.25) is 10.0 Å². The molecule has 0 fully saturated rings. The average Bonchev–Trinajstić information content (AvgIpc) is 2.80. The van der Waals surface area contributed by atoms with E-state index in [4.69, 9.17) is 27.9 Å². The first-order chi connectivity index (χ1) is 15.7. The Labute approximate surface area is 202 Å². The molecule has 0 aliphatic rings. The minimum Gasteiger partial charge on any atom is -0.495 e. The number of halogens is 2. The van der Waals surface area contributed by atoms with E-state index in [0.29, 0.717) is 21.4 Å². The molecular weight excluding hydrogens is 485 g/mol. The first-order valence-corrected chi connectivity index (χ1v) is 11.9. The molecule has 3 rings (SSSR count). The van der Waals surface area contributed by atoms with Gasteiger partial charge in [0, 0.05) is 0 Å². The second-order valence-corrected chi connectivity index (χ2v) is 9.64. The number of rotatable bonds is 8. The van der Waals surface area contributed by atoms with Gasteiger partial charge in [-0.3, -0.25) is 9.10 Å². The van der Waals surface area contributed by atoms with Crippen molar-refractivity contribution in [2.45, 2.75) is 11.8 Å². The van der Waals surface area contributed by atoms with E-state index in [0.717, 1.165) is 9.87 Å². The van der Waals surface area contributed by atoms with E-state index in [2.05, 4.69) is 10.5 Å². The lowest BCUT2D eigenvalue weighted by molar-refractivity contribution is -0.119. The number of nitrogens with zero attached hydrogens (tertiary/aromatic N) is 2. The number of carbonyl (C=O) groups excluding carboxylic acids is 1. The molecule has 0 aromatic heterocycles. The van der Waals surface area contributed by atoms with Crippen molar-refractivity contribution in [2.24, 2.45) is 5.10 Å². The lowest BCUT2D eigenvalue weighted by Gasteiger charge is -2.25. The van der Waals surface area contributed by atoms with Gasteiger partial charge in [0.05, 0.1) is 34.0 Å². The number of carbonyl (C=O) groups is 1. The predicted octanol–water partition coefficient (Wildman–Crippen LogP) is 4.66. The van der Waals surface area contributed by atoms with E-state index in [1.807, 2.05) is 6.92 Å². The molecule has 172 valence electrons. The van der Waals surface area contributed by atoms with Crippen LogP contribution >= 0.6 is 23.2 Å². The highest BCUT2D eigenvalue weighted by Crippen LogP contribution is 2.32. The number of hydrazone groups is 1. The normalized spacial score (nSPS) is 11.4. The molecule has 0 saturated heterocycles. The number of anilines is 1. The van der Waals surface area contributed by atoms with Gasteiger partial charge in [-0.15, -0.1) is 0 Å². The van der Waals surface area contributed by atoms with Crippen LogP contribution in [0.15, 0.2) is 76.7 Å². The minimum absolute atomic E-state index is 0.0473. The van der Waals surface area contributed by atoms with E-state index in [9.17, 15) is 13.2 Å². The van der Waals surface area contributed by atoms with Crippen molar-refractivity contribution in [3.05, 3.63) is 87.9 Å². The van der Waals surface area contributed by atoms with Gasteiger partial charge in [0.25, 0.3) is 15.9 Å². The van der Waals surface area contributed by atoms with Crippen LogP contribution in [0.1, 0.15) is 11.1 Å². The average molecular weight is 506 g/mol. The Morgan fingerprint density at radius 2 is 1.76 bits per heavy atom. The van der Waals surface area contributed by atoms with Crippen LogP contribution in [-0.4, -0.2) is 34.2 Å². The standard InChI is InChI=1S/C23H21Cl2N3O4S/c1-16-7-10-18(11-8-16)33(30,31)28(21-5-3-4-6-22(21)32-2)15-23(29)27-26-14-17-9-12-19(24)20(25)13-17/h3-14H,15H2,1-2H3,(H,27,29)/b26-14-. The molecule has 33 heavy (non-hydrogen) atoms. The maximum absolute atomic E-state index is 13.4. The van der Waals surface area contributed by atoms with E-state index in [1.54, 1.807) is 54.6 Å². The molecular formula is C23H21Cl2N3O4S. The van der Waals surface area contributed by atoms with Crippen molar-refractivity contribution in [1.82, 2.24) is 5.43 Å². The molecule has 3 aromatic carbocycles. The van der Waals surface area contributed by atoms with Crippen molar-refractivity contribution in [3.63, 3.8) is 0 Å². The summed E-state index contributed by atoms with van der Waals surface area (Å²) in [6.45, 7) is 1.34. The molecule has 1 N–H and O–H groups in total. The lowest BCUT2D eigenvalue weighted by Crippen LogP contribution is -2.39. The first-order valence-electron chi connectivity index (χ1n) is 9.72. The van der Waals surface area contributed by atoms with E-state index in [1.165, 1.54) is 25.5 Å². The predicted molar refractivity (Wildman–Crippen MR) is 131 cm³/mol. The number of methoxy groups -OCH3 is 1. The Bertz CT molecular complexity index is 1280. The Morgan fingerprint density at radius 3 is 2.42 bits per heavy atom. The Balaban J connectivity index is 1.88. The summed E-state index contributed by atoms with van der Waals surface area (Å²) >= 11 is 11.9. The summed E-state index contributed by atoms with van der Waals surface area (Å²) < 4.78 is 33.2. The van der Waals surface area contributed by atoms with Crippen molar-refractivity contribution in [3.8, 4) is 5.75 Å². The third kappa shape index (κ3) is 6.04. The van der Waals surface area contributed by atoms with Crippen molar-refractivity contribution in [2.75, 3.05) is 18.0 Å². The van der Waals surface area contributed by atoms with Crippen LogP contribution < -0.4 is 14.5 Å². The number of aryl methyl sites for hydroxylation is 1. The number of para-hydroxylation sites is 2. The van der Waals surface area contributed by atoms with Crippen LogP contribution in [0, 0.1) is 6.92 Å². The second-order valence-electron chi connectivity index (χ2n) is 6.96. The second kappa shape index (κ2) is 10.7. The fourth-order valence-corrected chi connectivity index (χ4v) is 4.65. The SMILES string of the molecule is COc1ccccc1N(CC(=O)N/N=C\c1ccc(Cl)c(Cl)c1)S(=O)(=O)c1ccc(C)cc1. The number of nitrogens with one attached hydrogen (secondary N) is 1. The van der Waals surface area contributed by atoms with E-state index in [-0.39, 0.29) is 10.6 Å². The molecule has 1 amide bonds. The van der Waals surface area contributed by atoms with E-state index < -0.39 is 22.5 Å². The summed E-state index contributed by atoms with van der Waals surface area (Å²) in [6.07, 6.45) is 1.38. The fraction of sp³-hybridized carbons (Fsp3) is 0.130. The quantitative estimate of drug-likeness (QED) is 0.356. The maximum atomic E-state index is 13.4. The highest BCUT2D eigenvalue weighted by Gasteiger charge is 2.29. The molecule has 0 atom stereocenters. The van der Waals surface area contributed by atoms with Gasteiger partial charge in [0.1, 0.15) is 12.3 Å². The summed E-state index contributed by atoms with van der Waals surface area (Å²) in [5.41, 5.74) is 4.09.